The van der Waals surface area contributed by atoms with Crippen molar-refractivity contribution in [3.63, 3.8) is 0 Å². The van der Waals surface area contributed by atoms with E-state index in [4.69, 9.17) is 9.47 Å². The number of hydrogen-bond donors (Lipinski definition) is 1. The second kappa shape index (κ2) is 8.23. The van der Waals surface area contributed by atoms with Crippen LogP contribution in [0.25, 0.3) is 0 Å². The van der Waals surface area contributed by atoms with Gasteiger partial charge in [0.25, 0.3) is 0 Å². The Morgan fingerprint density at radius 1 is 1.24 bits per heavy atom. The highest BCUT2D eigenvalue weighted by atomic mass is 16.5. The molecule has 0 heterocycles. The van der Waals surface area contributed by atoms with Crippen LogP contribution < -0.4 is 5.32 Å². The molecule has 0 amide bonds. The predicted molar refractivity (Wildman–Crippen MR) is 69.9 cm³/mol. The highest BCUT2D eigenvalue weighted by Gasteiger charge is 2.04. The van der Waals surface area contributed by atoms with Crippen molar-refractivity contribution in [3.05, 3.63) is 35.4 Å². The van der Waals surface area contributed by atoms with Crippen molar-refractivity contribution in [1.82, 2.24) is 5.32 Å². The molecular formula is C14H23NO2. The first-order chi connectivity index (χ1) is 8.27. The number of nitrogens with one attached hydrogen (secondary N) is 1. The molecule has 1 rings (SSSR count). The first-order valence-corrected chi connectivity index (χ1v) is 6.14. The van der Waals surface area contributed by atoms with Gasteiger partial charge in [0, 0.05) is 26.3 Å². The molecule has 0 radical (unpaired) electrons. The van der Waals surface area contributed by atoms with Crippen molar-refractivity contribution >= 4 is 0 Å². The molecule has 0 aliphatic carbocycles. The molecule has 0 saturated heterocycles. The number of hydrogen-bond acceptors (Lipinski definition) is 3. The van der Waals surface area contributed by atoms with Crippen LogP contribution >= 0.6 is 0 Å². The zero-order valence-corrected chi connectivity index (χ0v) is 11.0. The fourth-order valence-electron chi connectivity index (χ4n) is 1.68. The van der Waals surface area contributed by atoms with E-state index < -0.39 is 0 Å². The standard InChI is InChI=1S/C14H23NO2/c1-4-17-11-14-8-6-5-7-13(14)9-15-12(2)10-16-3/h5-8,12,15H,4,9-11H2,1-3H3. The minimum atomic E-state index is 0.361. The second-order valence-electron chi connectivity index (χ2n) is 4.14. The van der Waals surface area contributed by atoms with Gasteiger partial charge in [0.15, 0.2) is 0 Å². The summed E-state index contributed by atoms with van der Waals surface area (Å²) in [5.41, 5.74) is 2.55. The Morgan fingerprint density at radius 2 is 1.94 bits per heavy atom. The average Bonchev–Trinajstić information content (AvgIpc) is 2.35. The lowest BCUT2D eigenvalue weighted by Crippen LogP contribution is -2.29. The van der Waals surface area contributed by atoms with E-state index in [2.05, 4.69) is 36.5 Å². The second-order valence-corrected chi connectivity index (χ2v) is 4.14. The van der Waals surface area contributed by atoms with Gasteiger partial charge in [0.1, 0.15) is 0 Å². The molecule has 0 aromatic heterocycles. The zero-order chi connectivity index (χ0) is 12.5. The summed E-state index contributed by atoms with van der Waals surface area (Å²) in [4.78, 5) is 0. The van der Waals surface area contributed by atoms with Crippen LogP contribution in [-0.2, 0) is 22.6 Å². The van der Waals surface area contributed by atoms with Crippen LogP contribution in [0.1, 0.15) is 25.0 Å². The fraction of sp³-hybridized carbons (Fsp3) is 0.571. The van der Waals surface area contributed by atoms with Gasteiger partial charge < -0.3 is 14.8 Å². The van der Waals surface area contributed by atoms with Crippen LogP contribution in [0.5, 0.6) is 0 Å². The molecule has 3 heteroatoms. The van der Waals surface area contributed by atoms with Crippen LogP contribution in [0.15, 0.2) is 24.3 Å². The molecule has 0 fully saturated rings. The SMILES string of the molecule is CCOCc1ccccc1CNC(C)COC. The third kappa shape index (κ3) is 5.31. The molecular weight excluding hydrogens is 214 g/mol. The smallest absolute Gasteiger partial charge is 0.0719 e. The molecule has 17 heavy (non-hydrogen) atoms. The Kier molecular flexibility index (Phi) is 6.86. The largest absolute Gasteiger partial charge is 0.383 e. The summed E-state index contributed by atoms with van der Waals surface area (Å²) in [7, 11) is 1.72. The third-order valence-corrected chi connectivity index (χ3v) is 2.64. The lowest BCUT2D eigenvalue weighted by molar-refractivity contribution is 0.133. The van der Waals surface area contributed by atoms with Crippen LogP contribution in [-0.4, -0.2) is 26.4 Å². The summed E-state index contributed by atoms with van der Waals surface area (Å²) in [6, 6.07) is 8.73. The maximum absolute atomic E-state index is 5.46. The number of benzene rings is 1. The van der Waals surface area contributed by atoms with Gasteiger partial charge in [-0.3, -0.25) is 0 Å². The van der Waals surface area contributed by atoms with Gasteiger partial charge in [-0.25, -0.2) is 0 Å². The van der Waals surface area contributed by atoms with Crippen molar-refractivity contribution in [2.45, 2.75) is 33.0 Å². The normalized spacial score (nSPS) is 12.6. The predicted octanol–water partition coefficient (Wildman–Crippen LogP) is 2.35. The molecule has 1 N–H and O–H groups in total. The minimum Gasteiger partial charge on any atom is -0.383 e. The summed E-state index contributed by atoms with van der Waals surface area (Å²) >= 11 is 0. The summed E-state index contributed by atoms with van der Waals surface area (Å²) in [6.45, 7) is 7.16. The molecule has 1 unspecified atom stereocenters. The molecule has 0 aliphatic heterocycles. The van der Waals surface area contributed by atoms with Gasteiger partial charge in [0.05, 0.1) is 13.2 Å². The van der Waals surface area contributed by atoms with Gasteiger partial charge in [-0.1, -0.05) is 24.3 Å². The molecule has 0 aliphatic rings. The molecule has 0 bridgehead atoms. The van der Waals surface area contributed by atoms with E-state index in [0.29, 0.717) is 12.6 Å². The quantitative estimate of drug-likeness (QED) is 0.753. The Balaban J connectivity index is 2.51. The van der Waals surface area contributed by atoms with E-state index in [1.54, 1.807) is 7.11 Å². The van der Waals surface area contributed by atoms with E-state index in [0.717, 1.165) is 19.8 Å². The minimum absolute atomic E-state index is 0.361. The molecule has 3 nitrogen and oxygen atoms in total. The van der Waals surface area contributed by atoms with Crippen LogP contribution in [0.3, 0.4) is 0 Å². The molecule has 0 spiro atoms. The van der Waals surface area contributed by atoms with Gasteiger partial charge in [-0.05, 0) is 25.0 Å². The van der Waals surface area contributed by atoms with Gasteiger partial charge in [-0.2, -0.15) is 0 Å². The van der Waals surface area contributed by atoms with E-state index in [9.17, 15) is 0 Å². The van der Waals surface area contributed by atoms with Gasteiger partial charge in [-0.15, -0.1) is 0 Å². The average molecular weight is 237 g/mol. The Morgan fingerprint density at radius 3 is 2.59 bits per heavy atom. The monoisotopic (exact) mass is 237 g/mol. The van der Waals surface area contributed by atoms with Crippen molar-refractivity contribution < 1.29 is 9.47 Å². The molecule has 96 valence electrons. The number of methoxy groups -OCH3 is 1. The summed E-state index contributed by atoms with van der Waals surface area (Å²) in [6.07, 6.45) is 0. The van der Waals surface area contributed by atoms with Crippen molar-refractivity contribution in [2.24, 2.45) is 0 Å². The van der Waals surface area contributed by atoms with Crippen LogP contribution in [0.4, 0.5) is 0 Å². The van der Waals surface area contributed by atoms with Crippen LogP contribution in [0, 0.1) is 0 Å². The summed E-state index contributed by atoms with van der Waals surface area (Å²) < 4.78 is 10.6. The van der Waals surface area contributed by atoms with E-state index in [1.165, 1.54) is 11.1 Å². The van der Waals surface area contributed by atoms with Crippen molar-refractivity contribution in [3.8, 4) is 0 Å². The highest BCUT2D eigenvalue weighted by Crippen LogP contribution is 2.10. The summed E-state index contributed by atoms with van der Waals surface area (Å²) in [5.74, 6) is 0. The Labute approximate surface area is 104 Å². The Bertz CT molecular complexity index is 315. The van der Waals surface area contributed by atoms with Crippen molar-refractivity contribution in [2.75, 3.05) is 20.3 Å². The topological polar surface area (TPSA) is 30.5 Å². The zero-order valence-electron chi connectivity index (χ0n) is 11.0. The maximum atomic E-state index is 5.46. The fourth-order valence-corrected chi connectivity index (χ4v) is 1.68. The van der Waals surface area contributed by atoms with Crippen molar-refractivity contribution in [1.29, 1.82) is 0 Å². The number of ether oxygens (including phenoxy) is 2. The molecule has 1 aromatic rings. The molecule has 1 aromatic carbocycles. The molecule has 1 atom stereocenters. The van der Waals surface area contributed by atoms with Crippen LogP contribution in [0.2, 0.25) is 0 Å². The lowest BCUT2D eigenvalue weighted by Gasteiger charge is -2.15. The third-order valence-electron chi connectivity index (χ3n) is 2.64. The first kappa shape index (κ1) is 14.2. The summed E-state index contributed by atoms with van der Waals surface area (Å²) in [5, 5.41) is 3.44. The maximum Gasteiger partial charge on any atom is 0.0719 e. The number of rotatable bonds is 8. The van der Waals surface area contributed by atoms with E-state index >= 15 is 0 Å². The first-order valence-electron chi connectivity index (χ1n) is 6.14. The highest BCUT2D eigenvalue weighted by molar-refractivity contribution is 5.26. The Hall–Kier alpha value is -0.900. The van der Waals surface area contributed by atoms with E-state index in [1.807, 2.05) is 6.92 Å². The van der Waals surface area contributed by atoms with E-state index in [-0.39, 0.29) is 0 Å². The lowest BCUT2D eigenvalue weighted by atomic mass is 10.1. The molecule has 0 saturated carbocycles. The van der Waals surface area contributed by atoms with Gasteiger partial charge >= 0.3 is 0 Å². The van der Waals surface area contributed by atoms with Gasteiger partial charge in [0.2, 0.25) is 0 Å².